The zero-order valence-corrected chi connectivity index (χ0v) is 16.2. The molecule has 0 bridgehead atoms. The summed E-state index contributed by atoms with van der Waals surface area (Å²) in [6.45, 7) is 5.51. The van der Waals surface area contributed by atoms with E-state index in [-0.39, 0.29) is 40.7 Å². The van der Waals surface area contributed by atoms with Crippen LogP contribution in [-0.2, 0) is 14.3 Å². The fourth-order valence-corrected chi connectivity index (χ4v) is 7.70. The number of Topliss-reactive ketones (excluding diaryl/α,β-unsaturated/α-hetero) is 1. The van der Waals surface area contributed by atoms with Crippen LogP contribution in [0.5, 0.6) is 0 Å². The van der Waals surface area contributed by atoms with Crippen molar-refractivity contribution in [3.8, 4) is 0 Å². The lowest BCUT2D eigenvalue weighted by Gasteiger charge is -2.55. The molecule has 5 nitrogen and oxygen atoms in total. The number of carbonyl (C=O) groups is 2. The zero-order valence-electron chi connectivity index (χ0n) is 16.2. The Labute approximate surface area is 159 Å². The van der Waals surface area contributed by atoms with Crippen molar-refractivity contribution in [2.45, 2.75) is 63.8 Å². The number of aliphatic hydroxyl groups excluding tert-OH is 1. The van der Waals surface area contributed by atoms with Crippen LogP contribution in [0.25, 0.3) is 0 Å². The summed E-state index contributed by atoms with van der Waals surface area (Å²) in [6, 6.07) is 0. The number of ether oxygens (including phenoxy) is 1. The summed E-state index contributed by atoms with van der Waals surface area (Å²) in [5.74, 6) is -0.193. The van der Waals surface area contributed by atoms with Crippen molar-refractivity contribution in [1.82, 2.24) is 0 Å². The molecule has 8 atom stereocenters. The maximum absolute atomic E-state index is 12.6. The third kappa shape index (κ3) is 1.73. The number of carbonyl (C=O) groups excluding carboxylic acids is 2. The van der Waals surface area contributed by atoms with E-state index < -0.39 is 23.4 Å². The van der Waals surface area contributed by atoms with Crippen molar-refractivity contribution < 1.29 is 24.5 Å². The maximum Gasteiger partial charge on any atom is 0.190 e. The number of fused-ring (bicyclic) bond motifs is 3. The van der Waals surface area contributed by atoms with Crippen molar-refractivity contribution in [1.29, 1.82) is 0 Å². The molecule has 1 heterocycles. The molecule has 0 amide bonds. The van der Waals surface area contributed by atoms with Crippen molar-refractivity contribution >= 4 is 11.6 Å². The average molecular weight is 372 g/mol. The van der Waals surface area contributed by atoms with E-state index in [4.69, 9.17) is 4.74 Å². The van der Waals surface area contributed by atoms with E-state index in [0.717, 1.165) is 24.8 Å². The minimum atomic E-state index is -1.50. The molecule has 5 heteroatoms. The number of ketones is 2. The minimum Gasteiger partial charge on any atom is -0.388 e. The van der Waals surface area contributed by atoms with Gasteiger partial charge in [-0.2, -0.15) is 0 Å². The molecule has 0 aromatic heterocycles. The Morgan fingerprint density at radius 3 is 2.78 bits per heavy atom. The number of epoxide rings is 1. The minimum absolute atomic E-state index is 0.0291. The number of aliphatic hydroxyl groups is 2. The molecule has 2 N–H and O–H groups in total. The van der Waals surface area contributed by atoms with Gasteiger partial charge in [-0.3, -0.25) is 9.59 Å². The molecular weight excluding hydrogens is 344 g/mol. The third-order valence-electron chi connectivity index (χ3n) is 9.08. The second-order valence-corrected chi connectivity index (χ2v) is 9.86. The lowest BCUT2D eigenvalue weighted by Crippen LogP contribution is -2.62. The highest BCUT2D eigenvalue weighted by molar-refractivity contribution is 6.01. The SMILES string of the molecule is C[C@@H]1C[C@@H]2[C@@H]3CCC4=CC(=O)C=C[C@]4(C)[C@@]34O[C@H]4C[C@]2(C)[C@@]1(O)C(=O)CO. The van der Waals surface area contributed by atoms with E-state index in [1.165, 1.54) is 0 Å². The summed E-state index contributed by atoms with van der Waals surface area (Å²) >= 11 is 0. The van der Waals surface area contributed by atoms with Crippen molar-refractivity contribution in [2.75, 3.05) is 6.61 Å². The molecule has 5 rings (SSSR count). The van der Waals surface area contributed by atoms with E-state index >= 15 is 0 Å². The molecular formula is C22H28O5. The molecule has 1 spiro atoms. The topological polar surface area (TPSA) is 87.1 Å². The first kappa shape index (κ1) is 17.8. The predicted octanol–water partition coefficient (Wildman–Crippen LogP) is 1.96. The number of hydrogen-bond acceptors (Lipinski definition) is 5. The molecule has 0 unspecified atom stereocenters. The van der Waals surface area contributed by atoms with Crippen molar-refractivity contribution in [2.24, 2.45) is 28.6 Å². The van der Waals surface area contributed by atoms with Crippen molar-refractivity contribution in [3.63, 3.8) is 0 Å². The number of rotatable bonds is 2. The molecule has 1 aliphatic heterocycles. The van der Waals surface area contributed by atoms with E-state index in [0.29, 0.717) is 6.42 Å². The summed E-state index contributed by atoms with van der Waals surface area (Å²) in [6.07, 6.45) is 8.58. The molecule has 146 valence electrons. The smallest absolute Gasteiger partial charge is 0.190 e. The Kier molecular flexibility index (Phi) is 3.29. The first-order chi connectivity index (χ1) is 12.6. The number of allylic oxidation sites excluding steroid dienone is 2. The van der Waals surface area contributed by atoms with Gasteiger partial charge in [0.05, 0.1) is 6.10 Å². The summed E-state index contributed by atoms with van der Waals surface area (Å²) in [5.41, 5.74) is -1.55. The van der Waals surface area contributed by atoms with Gasteiger partial charge < -0.3 is 14.9 Å². The Bertz CT molecular complexity index is 814. The summed E-state index contributed by atoms with van der Waals surface area (Å²) in [4.78, 5) is 24.5. The van der Waals surface area contributed by atoms with Crippen LogP contribution in [-0.4, -0.2) is 45.7 Å². The molecule has 5 aliphatic rings. The molecule has 4 aliphatic carbocycles. The van der Waals surface area contributed by atoms with Gasteiger partial charge in [0.25, 0.3) is 0 Å². The second kappa shape index (κ2) is 5.00. The van der Waals surface area contributed by atoms with Gasteiger partial charge in [-0.15, -0.1) is 0 Å². The molecule has 1 saturated heterocycles. The van der Waals surface area contributed by atoms with E-state index in [2.05, 4.69) is 6.92 Å². The molecule has 27 heavy (non-hydrogen) atoms. The standard InChI is InChI=1S/C22H28O5/c1-12-8-16-15-5-4-13-9-14(24)6-7-19(13,2)22(15)18(27-22)10-20(16,3)21(12,26)17(25)11-23/h6-7,9,12,15-16,18,23,26H,4-5,8,10-11H2,1-3H3/t12-,15+,16-,18+,19+,20+,21+,22-/m1/s1. The molecule has 0 aromatic carbocycles. The monoisotopic (exact) mass is 372 g/mol. The van der Waals surface area contributed by atoms with Gasteiger partial charge in [-0.25, -0.2) is 0 Å². The first-order valence-corrected chi connectivity index (χ1v) is 10.1. The summed E-state index contributed by atoms with van der Waals surface area (Å²) in [7, 11) is 0. The quantitative estimate of drug-likeness (QED) is 0.724. The number of hydrogen-bond donors (Lipinski definition) is 2. The van der Waals surface area contributed by atoms with Crippen LogP contribution in [0.15, 0.2) is 23.8 Å². The molecule has 3 saturated carbocycles. The van der Waals surface area contributed by atoms with Gasteiger partial charge in [0.2, 0.25) is 0 Å². The van der Waals surface area contributed by atoms with E-state index in [1.54, 1.807) is 12.2 Å². The fourth-order valence-electron chi connectivity index (χ4n) is 7.70. The van der Waals surface area contributed by atoms with Crippen LogP contribution in [0.2, 0.25) is 0 Å². The lowest BCUT2D eigenvalue weighted by molar-refractivity contribution is -0.165. The Hall–Kier alpha value is -1.30. The average Bonchev–Trinajstić information content (AvgIpc) is 3.31. The largest absolute Gasteiger partial charge is 0.388 e. The zero-order chi connectivity index (χ0) is 19.4. The van der Waals surface area contributed by atoms with Crippen LogP contribution in [0.3, 0.4) is 0 Å². The summed E-state index contributed by atoms with van der Waals surface area (Å²) in [5, 5.41) is 21.0. The van der Waals surface area contributed by atoms with Crippen LogP contribution < -0.4 is 0 Å². The Morgan fingerprint density at radius 2 is 2.07 bits per heavy atom. The fraction of sp³-hybridized carbons (Fsp3) is 0.727. The van der Waals surface area contributed by atoms with E-state index in [9.17, 15) is 19.8 Å². The van der Waals surface area contributed by atoms with Gasteiger partial charge in [0, 0.05) is 10.8 Å². The first-order valence-electron chi connectivity index (χ1n) is 10.1. The summed E-state index contributed by atoms with van der Waals surface area (Å²) < 4.78 is 6.43. The highest BCUT2D eigenvalue weighted by Crippen LogP contribution is 2.76. The van der Waals surface area contributed by atoms with Gasteiger partial charge in [-0.1, -0.05) is 25.5 Å². The van der Waals surface area contributed by atoms with Gasteiger partial charge >= 0.3 is 0 Å². The van der Waals surface area contributed by atoms with Gasteiger partial charge in [0.1, 0.15) is 17.8 Å². The van der Waals surface area contributed by atoms with E-state index in [1.807, 2.05) is 19.9 Å². The van der Waals surface area contributed by atoms with Crippen LogP contribution in [0.1, 0.15) is 46.5 Å². The Morgan fingerprint density at radius 1 is 1.33 bits per heavy atom. The van der Waals surface area contributed by atoms with Gasteiger partial charge in [0.15, 0.2) is 11.6 Å². The highest BCUT2D eigenvalue weighted by Gasteiger charge is 2.81. The van der Waals surface area contributed by atoms with Crippen LogP contribution in [0.4, 0.5) is 0 Å². The van der Waals surface area contributed by atoms with Crippen LogP contribution >= 0.6 is 0 Å². The lowest BCUT2D eigenvalue weighted by atomic mass is 9.46. The second-order valence-electron chi connectivity index (χ2n) is 9.86. The van der Waals surface area contributed by atoms with Gasteiger partial charge in [-0.05, 0) is 62.5 Å². The highest BCUT2D eigenvalue weighted by atomic mass is 16.6. The normalized spacial score (nSPS) is 55.1. The third-order valence-corrected chi connectivity index (χ3v) is 9.08. The molecule has 4 fully saturated rings. The molecule has 0 aromatic rings. The molecule has 0 radical (unpaired) electrons. The predicted molar refractivity (Wildman–Crippen MR) is 97.7 cm³/mol. The van der Waals surface area contributed by atoms with Crippen LogP contribution in [0, 0.1) is 28.6 Å². The van der Waals surface area contributed by atoms with Crippen molar-refractivity contribution in [3.05, 3.63) is 23.8 Å². The maximum atomic E-state index is 12.6. The Balaban J connectivity index is 1.60.